The van der Waals surface area contributed by atoms with Crippen molar-refractivity contribution in [2.75, 3.05) is 44.4 Å². The molecule has 0 bridgehead atoms. The Morgan fingerprint density at radius 1 is 1.02 bits per heavy atom. The van der Waals surface area contributed by atoms with Gasteiger partial charge in [-0.15, -0.1) is 0 Å². The molecular formula is C29H35F3N6O2. The van der Waals surface area contributed by atoms with Crippen molar-refractivity contribution in [3.8, 4) is 11.7 Å². The number of para-hydroxylation sites is 2. The van der Waals surface area contributed by atoms with E-state index in [1.807, 2.05) is 4.90 Å². The van der Waals surface area contributed by atoms with Gasteiger partial charge >= 0.3 is 0 Å². The predicted octanol–water partition coefficient (Wildman–Crippen LogP) is 5.47. The van der Waals surface area contributed by atoms with Crippen molar-refractivity contribution in [2.45, 2.75) is 57.0 Å². The van der Waals surface area contributed by atoms with Crippen LogP contribution in [0.5, 0.6) is 5.88 Å². The van der Waals surface area contributed by atoms with Crippen LogP contribution in [0.15, 0.2) is 42.7 Å². The van der Waals surface area contributed by atoms with Crippen LogP contribution in [-0.4, -0.2) is 76.0 Å². The van der Waals surface area contributed by atoms with Crippen molar-refractivity contribution in [1.29, 1.82) is 0 Å². The number of ether oxygens (including phenoxy) is 2. The Morgan fingerprint density at radius 3 is 2.55 bits per heavy atom. The molecule has 40 heavy (non-hydrogen) atoms. The molecule has 0 amide bonds. The van der Waals surface area contributed by atoms with Crippen molar-refractivity contribution in [1.82, 2.24) is 24.4 Å². The molecule has 0 unspecified atom stereocenters. The third-order valence-corrected chi connectivity index (χ3v) is 8.39. The summed E-state index contributed by atoms with van der Waals surface area (Å²) in [5.41, 5.74) is 1.02. The third kappa shape index (κ3) is 5.54. The first-order chi connectivity index (χ1) is 19.5. The molecule has 2 aromatic heterocycles. The lowest BCUT2D eigenvalue weighted by Crippen LogP contribution is -2.42. The molecule has 3 aromatic rings. The highest BCUT2D eigenvalue weighted by Crippen LogP contribution is 2.35. The van der Waals surface area contributed by atoms with Gasteiger partial charge in [0.2, 0.25) is 11.8 Å². The first kappa shape index (κ1) is 27.0. The van der Waals surface area contributed by atoms with E-state index >= 15 is 0 Å². The fourth-order valence-corrected chi connectivity index (χ4v) is 6.33. The van der Waals surface area contributed by atoms with E-state index in [2.05, 4.69) is 26.4 Å². The summed E-state index contributed by atoms with van der Waals surface area (Å²) in [7, 11) is 0. The van der Waals surface area contributed by atoms with Crippen molar-refractivity contribution >= 4 is 17.0 Å². The smallest absolute Gasteiger partial charge is 0.296 e. The lowest BCUT2D eigenvalue weighted by atomic mass is 9.85. The molecule has 3 aliphatic rings. The van der Waals surface area contributed by atoms with Crippen LogP contribution >= 0.6 is 0 Å². The topological polar surface area (TPSA) is 68.5 Å². The van der Waals surface area contributed by atoms with Gasteiger partial charge in [-0.25, -0.2) is 18.2 Å². The first-order valence-corrected chi connectivity index (χ1v) is 14.2. The summed E-state index contributed by atoms with van der Waals surface area (Å²) < 4.78 is 55.2. The number of halogens is 3. The number of alkyl halides is 2. The summed E-state index contributed by atoms with van der Waals surface area (Å²) in [6.07, 6.45) is 3.01. The van der Waals surface area contributed by atoms with Crippen molar-refractivity contribution in [2.24, 2.45) is 5.92 Å². The Kier molecular flexibility index (Phi) is 7.93. The SMILES string of the molecule is C=C(F)[C@@H]1CCCN1C1CCC(COc2cc(-n3c(C(F)F)nc4ccccc43)nc(N3CCOCC3)n2)CC1. The molecule has 4 heterocycles. The van der Waals surface area contributed by atoms with Crippen molar-refractivity contribution in [3.63, 3.8) is 0 Å². The second-order valence-corrected chi connectivity index (χ2v) is 10.9. The number of morpholine rings is 1. The number of benzene rings is 1. The standard InChI is InChI=1S/C29H35F3N6O2/c1-19(30)23-7-4-12-37(23)21-10-8-20(9-11-21)18-40-26-17-25(34-29(35-26)36-13-15-39-16-14-36)38-24-6-3-2-5-22(24)33-28(38)27(31)32/h2-3,5-6,17,20-21,23,27H,1,4,7-16,18H2/t20?,21?,23-/m0/s1. The minimum absolute atomic E-state index is 0.145. The van der Waals surface area contributed by atoms with Gasteiger partial charge in [-0.3, -0.25) is 9.47 Å². The number of hydrogen-bond acceptors (Lipinski definition) is 7. The molecule has 0 N–H and O–H groups in total. The Morgan fingerprint density at radius 2 is 1.80 bits per heavy atom. The van der Waals surface area contributed by atoms with Crippen LogP contribution in [-0.2, 0) is 4.74 Å². The third-order valence-electron chi connectivity index (χ3n) is 8.39. The second kappa shape index (κ2) is 11.7. The van der Waals surface area contributed by atoms with Crippen LogP contribution in [0.4, 0.5) is 19.1 Å². The monoisotopic (exact) mass is 556 g/mol. The average molecular weight is 557 g/mol. The molecule has 6 rings (SSSR count). The minimum atomic E-state index is -2.78. The number of nitrogens with zero attached hydrogens (tertiary/aromatic N) is 6. The van der Waals surface area contributed by atoms with Gasteiger partial charge in [-0.2, -0.15) is 9.97 Å². The summed E-state index contributed by atoms with van der Waals surface area (Å²) in [4.78, 5) is 17.8. The molecular weight excluding hydrogens is 521 g/mol. The van der Waals surface area contributed by atoms with E-state index in [4.69, 9.17) is 9.47 Å². The number of imidazole rings is 1. The van der Waals surface area contributed by atoms with Gasteiger partial charge in [0.1, 0.15) is 11.6 Å². The largest absolute Gasteiger partial charge is 0.477 e. The van der Waals surface area contributed by atoms with Crippen LogP contribution in [0.25, 0.3) is 16.9 Å². The number of hydrogen-bond donors (Lipinski definition) is 0. The van der Waals surface area contributed by atoms with Crippen molar-refractivity contribution < 1.29 is 22.6 Å². The molecule has 1 saturated carbocycles. The van der Waals surface area contributed by atoms with Gasteiger partial charge in [0.15, 0.2) is 5.82 Å². The maximum Gasteiger partial charge on any atom is 0.296 e. The maximum absolute atomic E-state index is 14.1. The van der Waals surface area contributed by atoms with Crippen LogP contribution in [0.2, 0.25) is 0 Å². The molecule has 11 heteroatoms. The lowest BCUT2D eigenvalue weighted by Gasteiger charge is -2.37. The van der Waals surface area contributed by atoms with Crippen LogP contribution < -0.4 is 9.64 Å². The van der Waals surface area contributed by atoms with E-state index in [0.29, 0.717) is 73.5 Å². The summed E-state index contributed by atoms with van der Waals surface area (Å²) >= 11 is 0. The van der Waals surface area contributed by atoms with E-state index < -0.39 is 6.43 Å². The Labute approximate surface area is 231 Å². The molecule has 0 radical (unpaired) electrons. The Balaban J connectivity index is 1.22. The fourth-order valence-electron chi connectivity index (χ4n) is 6.33. The molecule has 1 aliphatic carbocycles. The molecule has 1 aromatic carbocycles. The summed E-state index contributed by atoms with van der Waals surface area (Å²) in [5.74, 6) is 0.809. The maximum atomic E-state index is 14.1. The van der Waals surface area contributed by atoms with E-state index in [1.54, 1.807) is 30.3 Å². The Bertz CT molecular complexity index is 1340. The van der Waals surface area contributed by atoms with Gasteiger partial charge in [0, 0.05) is 25.2 Å². The fraction of sp³-hybridized carbons (Fsp3) is 0.552. The molecule has 214 valence electrons. The second-order valence-electron chi connectivity index (χ2n) is 10.9. The zero-order valence-corrected chi connectivity index (χ0v) is 22.5. The highest BCUT2D eigenvalue weighted by molar-refractivity contribution is 5.78. The van der Waals surface area contributed by atoms with Gasteiger partial charge in [0.05, 0.1) is 36.9 Å². The average Bonchev–Trinajstić information content (AvgIpc) is 3.63. The van der Waals surface area contributed by atoms with Gasteiger partial charge < -0.3 is 14.4 Å². The zero-order valence-electron chi connectivity index (χ0n) is 22.5. The van der Waals surface area contributed by atoms with Gasteiger partial charge in [-0.1, -0.05) is 18.7 Å². The molecule has 1 atom stereocenters. The minimum Gasteiger partial charge on any atom is -0.477 e. The molecule has 8 nitrogen and oxygen atoms in total. The normalized spacial score (nSPS) is 24.2. The van der Waals surface area contributed by atoms with Crippen LogP contribution in [0.1, 0.15) is 50.8 Å². The number of likely N-dealkylation sites (tertiary alicyclic amines) is 1. The number of fused-ring (bicyclic) bond motifs is 1. The number of rotatable bonds is 8. The van der Waals surface area contributed by atoms with Crippen LogP contribution in [0.3, 0.4) is 0 Å². The van der Waals surface area contributed by atoms with Gasteiger partial charge in [-0.05, 0) is 63.1 Å². The number of anilines is 1. The molecule has 2 aliphatic heterocycles. The van der Waals surface area contributed by atoms with Gasteiger partial charge in [0.25, 0.3) is 6.43 Å². The zero-order chi connectivity index (χ0) is 27.6. The summed E-state index contributed by atoms with van der Waals surface area (Å²) in [6, 6.07) is 8.88. The lowest BCUT2D eigenvalue weighted by molar-refractivity contribution is 0.109. The van der Waals surface area contributed by atoms with E-state index in [1.165, 1.54) is 4.57 Å². The highest BCUT2D eigenvalue weighted by atomic mass is 19.3. The van der Waals surface area contributed by atoms with Crippen LogP contribution in [0, 0.1) is 5.92 Å². The predicted molar refractivity (Wildman–Crippen MR) is 146 cm³/mol. The molecule has 3 fully saturated rings. The Hall–Kier alpha value is -3.18. The van der Waals surface area contributed by atoms with E-state index in [0.717, 1.165) is 45.1 Å². The van der Waals surface area contributed by atoms with E-state index in [9.17, 15) is 13.2 Å². The number of aromatic nitrogens is 4. The van der Waals surface area contributed by atoms with Crippen molar-refractivity contribution in [3.05, 3.63) is 48.6 Å². The quantitative estimate of drug-likeness (QED) is 0.364. The summed E-state index contributed by atoms with van der Waals surface area (Å²) in [6.45, 7) is 7.23. The van der Waals surface area contributed by atoms with E-state index in [-0.39, 0.29) is 17.7 Å². The molecule has 0 spiro atoms. The first-order valence-electron chi connectivity index (χ1n) is 14.2. The molecule has 2 saturated heterocycles. The highest BCUT2D eigenvalue weighted by Gasteiger charge is 2.35. The summed E-state index contributed by atoms with van der Waals surface area (Å²) in [5, 5.41) is 0.